The van der Waals surface area contributed by atoms with Crippen LogP contribution in [0, 0.1) is 51.0 Å². The summed E-state index contributed by atoms with van der Waals surface area (Å²) in [6.45, 7) is 15.2. The first-order valence-corrected chi connectivity index (χ1v) is 34.8. The molecule has 3 aromatic heterocycles. The first-order chi connectivity index (χ1) is 51.8. The lowest BCUT2D eigenvalue weighted by Gasteiger charge is -2.32. The number of hydrogen-bond donors (Lipinski definition) is 3. The number of amides is 3. The van der Waals surface area contributed by atoms with Crippen LogP contribution in [0.4, 0.5) is 70.1 Å². The number of halogens is 17. The van der Waals surface area contributed by atoms with E-state index in [-0.39, 0.29) is 87.3 Å². The van der Waals surface area contributed by atoms with Gasteiger partial charge in [-0.25, -0.2) is 36.4 Å². The number of carbonyl (C=O) groups is 4. The molecule has 588 valence electrons. The van der Waals surface area contributed by atoms with Crippen LogP contribution in [-0.2, 0) is 18.9 Å². The van der Waals surface area contributed by atoms with Gasteiger partial charge >= 0.3 is 32.3 Å². The van der Waals surface area contributed by atoms with Crippen LogP contribution in [0.5, 0.6) is 46.0 Å². The summed E-state index contributed by atoms with van der Waals surface area (Å²) < 4.78 is 203. The second-order valence-electron chi connectivity index (χ2n) is 24.5. The van der Waals surface area contributed by atoms with Gasteiger partial charge < -0.3 is 64.0 Å². The maximum Gasteiger partial charge on any atom is 0.586 e. The van der Waals surface area contributed by atoms with E-state index >= 15 is 0 Å². The molecule has 0 saturated carbocycles. The molecule has 2 fully saturated rings. The molecule has 21 nitrogen and oxygen atoms in total. The number of aromatic nitrogens is 3. The van der Waals surface area contributed by atoms with Crippen LogP contribution in [0.3, 0.4) is 0 Å². The molecule has 0 radical (unpaired) electrons. The number of nitrogens with one attached hydrogen (secondary N) is 1. The molecule has 5 N–H and O–H groups in total. The summed E-state index contributed by atoms with van der Waals surface area (Å²) in [5.41, 5.74) is 15.6. The van der Waals surface area contributed by atoms with Gasteiger partial charge in [-0.2, -0.15) is 0 Å². The Morgan fingerprint density at radius 3 is 1.24 bits per heavy atom. The number of fused-ring (bicyclic) bond motifs is 4. The van der Waals surface area contributed by atoms with Crippen molar-refractivity contribution >= 4 is 120 Å². The van der Waals surface area contributed by atoms with Gasteiger partial charge in [-0.3, -0.25) is 19.2 Å². The molecule has 6 aromatic carbocycles. The molecular formula is C72H59BBr2Cl3F12N7O14. The lowest BCUT2D eigenvalue weighted by atomic mass is 9.80. The van der Waals surface area contributed by atoms with Crippen LogP contribution in [0.25, 0.3) is 22.3 Å². The highest BCUT2D eigenvalue weighted by molar-refractivity contribution is 9.10. The number of nitrogen functional groups attached to an aromatic ring is 2. The third-order valence-electron chi connectivity index (χ3n) is 15.8. The standard InChI is InChI=1S/C20H12F4N2O3.C13H10F2N2O2.C11H17BN2O2.C8H5BrF2O2.C8H6F2O2.C7H3ClF2O.C4H4BrNO2.CH2Cl2/c1-10-7-15-16(29-20(23,24)28-15)8-12(10)11-5-6-17(25-9-11)26-19(27)18-13(21)3-2-4-14(18)22;1-7-4-10-11(19-13(14,15)18-10)5-9(7)8-2-3-12(16)17-6-8;1-10(2)11(3,4)16-12(15-10)8-5-6-9(13)14-7-8;1-4-2-6-7(3-5(4)9)13-8(10,11)12-6;1-5-2-3-6-7(4-5)12-8(9,10)11-6;8-7(11)6-4(9)2-1-3-5(6)10;5-6-3(7)1-2-4(6)8;2-1-3/h2-9H,1H3,(H,25,26,27);2-6H,1H3,(H2,16,17);5-7H,1-4H3,(H2,13,14);2-3H,1H3;2-4H,1H3;1-3H;1-2H2;1H2. The molecule has 9 aromatic rings. The summed E-state index contributed by atoms with van der Waals surface area (Å²) >= 11 is 20.4. The third-order valence-corrected chi connectivity index (χ3v) is 17.7. The third kappa shape index (κ3) is 22.9. The number of pyridine rings is 3. The second kappa shape index (κ2) is 35.6. The minimum absolute atomic E-state index is 0.0161. The maximum atomic E-state index is 13.7. The van der Waals surface area contributed by atoms with Crippen LogP contribution < -0.4 is 60.1 Å². The number of anilines is 3. The zero-order valence-electron chi connectivity index (χ0n) is 58.6. The number of carbonyl (C=O) groups excluding carboxylic acids is 4. The summed E-state index contributed by atoms with van der Waals surface area (Å²) in [5.74, 6) is -3.99. The van der Waals surface area contributed by atoms with E-state index < -0.39 is 70.7 Å². The van der Waals surface area contributed by atoms with Gasteiger partial charge in [-0.15, -0.1) is 58.3 Å². The zero-order valence-corrected chi connectivity index (χ0v) is 64.1. The highest BCUT2D eigenvalue weighted by Crippen LogP contribution is 2.48. The fourth-order valence-electron chi connectivity index (χ4n) is 9.80. The molecule has 39 heteroatoms. The topological polar surface area (TPSA) is 267 Å². The first-order valence-electron chi connectivity index (χ1n) is 31.8. The number of imide groups is 1. The number of alkyl halides is 10. The van der Waals surface area contributed by atoms with Gasteiger partial charge in [0.05, 0.1) is 32.7 Å². The molecule has 0 aliphatic carbocycles. The average Bonchev–Trinajstić information content (AvgIpc) is 1.66. The quantitative estimate of drug-likeness (QED) is 0.0349. The van der Waals surface area contributed by atoms with Crippen LogP contribution >= 0.6 is 66.9 Å². The molecule has 9 heterocycles. The summed E-state index contributed by atoms with van der Waals surface area (Å²) in [5, 5.41) is 1.38. The Labute approximate surface area is 656 Å². The van der Waals surface area contributed by atoms with Crippen LogP contribution in [0.2, 0.25) is 0 Å². The Kier molecular flexibility index (Phi) is 27.8. The molecule has 0 unspecified atom stereocenters. The normalized spacial score (nSPS) is 16.1. The minimum atomic E-state index is -3.72. The lowest BCUT2D eigenvalue weighted by Crippen LogP contribution is -2.41. The zero-order chi connectivity index (χ0) is 82.0. The average molecular weight is 1750 g/mol. The van der Waals surface area contributed by atoms with E-state index in [1.165, 1.54) is 60.8 Å². The number of ether oxygens (including phenoxy) is 8. The van der Waals surface area contributed by atoms with E-state index in [9.17, 15) is 71.9 Å². The second-order valence-corrected chi connectivity index (χ2v) is 27.2. The van der Waals surface area contributed by atoms with Crippen LogP contribution in [0.1, 0.15) is 83.5 Å². The van der Waals surface area contributed by atoms with Crippen molar-refractivity contribution in [2.24, 2.45) is 0 Å². The molecule has 2 saturated heterocycles. The van der Waals surface area contributed by atoms with Crippen molar-refractivity contribution in [1.82, 2.24) is 18.9 Å². The Morgan fingerprint density at radius 1 is 0.505 bits per heavy atom. The molecular weight excluding hydrogens is 1690 g/mol. The SMILES string of the molecule is CC1(C)OB(c2ccc(N)nc2)OC1(C)C.Cc1cc2c(cc1-c1ccc(N)nc1)OC(F)(F)O2.Cc1cc2c(cc1-c1ccc(NC(=O)c3c(F)cccc3F)nc1)OC(F)(F)O2.Cc1cc2c(cc1Br)OC(F)(F)O2.Cc1ccc2c(c1)OC(F)(F)O2.ClCCl.O=C(Cl)c1c(F)cccc1F.O=C1CCC(=O)N1Br. The van der Waals surface area contributed by atoms with Gasteiger partial charge in [0.25, 0.3) is 11.1 Å². The first kappa shape index (κ1) is 86.6. The number of nitrogens with zero attached hydrogens (tertiary/aromatic N) is 4. The van der Waals surface area contributed by atoms with E-state index in [1.807, 2.05) is 33.8 Å². The Bertz CT molecular complexity index is 4820. The molecule has 0 bridgehead atoms. The van der Waals surface area contributed by atoms with Gasteiger partial charge in [0.2, 0.25) is 11.8 Å². The number of benzene rings is 6. The van der Waals surface area contributed by atoms with Crippen molar-refractivity contribution in [3.05, 3.63) is 207 Å². The van der Waals surface area contributed by atoms with E-state index in [0.29, 0.717) is 45.6 Å². The van der Waals surface area contributed by atoms with Gasteiger partial charge in [0.15, 0.2) is 46.0 Å². The number of nitrogens with two attached hydrogens (primary N) is 2. The lowest BCUT2D eigenvalue weighted by molar-refractivity contribution is -0.287. The van der Waals surface area contributed by atoms with Crippen molar-refractivity contribution in [3.63, 3.8) is 0 Å². The molecule has 0 atom stereocenters. The summed E-state index contributed by atoms with van der Waals surface area (Å²) in [7, 11) is -0.363. The van der Waals surface area contributed by atoms with Crippen molar-refractivity contribution in [3.8, 4) is 68.2 Å². The number of rotatable bonds is 6. The van der Waals surface area contributed by atoms with Gasteiger partial charge in [0.1, 0.15) is 51.8 Å². The van der Waals surface area contributed by atoms with E-state index in [2.05, 4.69) is 90.2 Å². The van der Waals surface area contributed by atoms with Gasteiger partial charge in [-0.05, 0) is 203 Å². The van der Waals surface area contributed by atoms with Crippen LogP contribution in [-0.4, -0.2) is 90.7 Å². The van der Waals surface area contributed by atoms with Crippen molar-refractivity contribution < 1.29 is 119 Å². The van der Waals surface area contributed by atoms with E-state index in [0.717, 1.165) is 73.6 Å². The predicted molar refractivity (Wildman–Crippen MR) is 390 cm³/mol. The Balaban J connectivity index is 0.000000168. The molecule has 6 aliphatic heterocycles. The van der Waals surface area contributed by atoms with Crippen LogP contribution in [0.15, 0.2) is 150 Å². The van der Waals surface area contributed by atoms with Gasteiger partial charge in [0, 0.05) is 52.5 Å². The molecule has 0 spiro atoms. The smallest absolute Gasteiger partial charge is 0.399 e. The maximum absolute atomic E-state index is 13.7. The van der Waals surface area contributed by atoms with Crippen molar-refractivity contribution in [2.75, 3.05) is 22.1 Å². The fraction of sp³-hybridized carbons (Fsp3) is 0.236. The monoisotopic (exact) mass is 1750 g/mol. The summed E-state index contributed by atoms with van der Waals surface area (Å²) in [6.07, 6.45) is -9.00. The molecule has 15 rings (SSSR count). The van der Waals surface area contributed by atoms with Crippen molar-refractivity contribution in [1.29, 1.82) is 0 Å². The molecule has 111 heavy (non-hydrogen) atoms. The highest BCUT2D eigenvalue weighted by atomic mass is 79.9. The summed E-state index contributed by atoms with van der Waals surface area (Å²) in [6, 6.07) is 29.7. The van der Waals surface area contributed by atoms with Gasteiger partial charge in [-0.1, -0.05) is 40.2 Å². The summed E-state index contributed by atoms with van der Waals surface area (Å²) in [4.78, 5) is 55.4. The fourth-order valence-corrected chi connectivity index (χ4v) is 10.7. The predicted octanol–water partition coefficient (Wildman–Crippen LogP) is 18.4. The van der Waals surface area contributed by atoms with E-state index in [1.54, 1.807) is 70.4 Å². The van der Waals surface area contributed by atoms with Crippen molar-refractivity contribution in [2.45, 2.75) is 105 Å². The van der Waals surface area contributed by atoms with E-state index in [4.69, 9.17) is 55.6 Å². The number of hydrogen-bond acceptors (Lipinski definition) is 19. The largest absolute Gasteiger partial charge is 0.586 e. The number of aryl methyl sites for hydroxylation is 4. The molecule has 3 amide bonds. The molecule has 6 aliphatic rings. The minimum Gasteiger partial charge on any atom is -0.399 e. The highest BCUT2D eigenvalue weighted by Gasteiger charge is 2.52. The Hall–Kier alpha value is -9.98. The Morgan fingerprint density at radius 2 is 0.874 bits per heavy atom.